The Bertz CT molecular complexity index is 906. The second kappa shape index (κ2) is 13.7. The van der Waals surface area contributed by atoms with E-state index in [0.717, 1.165) is 5.39 Å². The van der Waals surface area contributed by atoms with E-state index in [9.17, 15) is 19.4 Å². The quantitative estimate of drug-likeness (QED) is 0.180. The summed E-state index contributed by atoms with van der Waals surface area (Å²) in [5.41, 5.74) is 0.706. The van der Waals surface area contributed by atoms with Gasteiger partial charge in [-0.3, -0.25) is 4.79 Å². The predicted molar refractivity (Wildman–Crippen MR) is 129 cm³/mol. The van der Waals surface area contributed by atoms with Crippen LogP contribution < -0.4 is 0 Å². The van der Waals surface area contributed by atoms with E-state index in [-0.39, 0.29) is 50.5 Å². The average molecular weight is 493 g/mol. The molecule has 8 heteroatoms. The number of unbranched alkanes of at least 4 members (excludes halogenated alkanes) is 1. The van der Waals surface area contributed by atoms with E-state index in [0.29, 0.717) is 43.4 Å². The lowest BCUT2D eigenvalue weighted by Gasteiger charge is -2.22. The van der Waals surface area contributed by atoms with Crippen molar-refractivity contribution in [3.63, 3.8) is 0 Å². The Kier molecular flexibility index (Phi) is 10.7. The number of hydrogen-bond acceptors (Lipinski definition) is 7. The predicted octanol–water partition coefficient (Wildman–Crippen LogP) is 3.84. The van der Waals surface area contributed by atoms with E-state index in [1.165, 1.54) is 0 Å². The minimum absolute atomic E-state index is 0.00192. The molecular formula is C27H37FO7. The first kappa shape index (κ1) is 27.3. The van der Waals surface area contributed by atoms with Gasteiger partial charge in [-0.25, -0.2) is 4.39 Å². The number of hydrogen-bond donors (Lipinski definition) is 4. The minimum Gasteiger partial charge on any atom is -0.465 e. The molecule has 1 aliphatic carbocycles. The third-order valence-corrected chi connectivity index (χ3v) is 6.84. The molecule has 0 amide bonds. The standard InChI is InChI=1S/C27H37FO7/c28-22-14-24(32)21(8-3-1-2-4-10-27(33)34-17-18(15-29)16-30)20(22)11-12-23(31)26-13-19-7-5-6-9-25(19)35-26/h1,3,5-7,9,13,18,20-24,29-32H,2,4,8,10-12,14-17H2/b3-1+/t20-,21-,22+,23?,24+/m1/s1. The van der Waals surface area contributed by atoms with Gasteiger partial charge in [-0.05, 0) is 56.1 Å². The van der Waals surface area contributed by atoms with Crippen LogP contribution >= 0.6 is 0 Å². The smallest absolute Gasteiger partial charge is 0.305 e. The van der Waals surface area contributed by atoms with Crippen molar-refractivity contribution in [1.82, 2.24) is 0 Å². The molecule has 0 aliphatic heterocycles. The SMILES string of the molecule is O=C(CCC/C=C/C[C@@H]1[C@@H](CCC(O)c2cc3ccccc3o2)[C@@H](F)C[C@@H]1O)OCC(CO)CO. The van der Waals surface area contributed by atoms with Crippen LogP contribution in [0.15, 0.2) is 46.9 Å². The van der Waals surface area contributed by atoms with Crippen LogP contribution in [0.1, 0.15) is 56.8 Å². The van der Waals surface area contributed by atoms with Gasteiger partial charge in [-0.15, -0.1) is 0 Å². The fourth-order valence-electron chi connectivity index (χ4n) is 4.70. The molecule has 1 unspecified atom stereocenters. The maximum Gasteiger partial charge on any atom is 0.305 e. The van der Waals surface area contributed by atoms with Crippen molar-refractivity contribution in [2.75, 3.05) is 19.8 Å². The van der Waals surface area contributed by atoms with E-state index < -0.39 is 24.3 Å². The van der Waals surface area contributed by atoms with Crippen LogP contribution in [0.2, 0.25) is 0 Å². The Labute approximate surface area is 205 Å². The van der Waals surface area contributed by atoms with Gasteiger partial charge in [0.15, 0.2) is 0 Å². The molecule has 0 bridgehead atoms. The van der Waals surface area contributed by atoms with Crippen LogP contribution in [0.5, 0.6) is 0 Å². The zero-order chi connectivity index (χ0) is 25.2. The van der Waals surface area contributed by atoms with E-state index in [1.807, 2.05) is 42.5 Å². The zero-order valence-corrected chi connectivity index (χ0v) is 20.0. The molecule has 1 heterocycles. The molecule has 4 N–H and O–H groups in total. The van der Waals surface area contributed by atoms with Gasteiger partial charge in [0.25, 0.3) is 0 Å². The summed E-state index contributed by atoms with van der Waals surface area (Å²) in [7, 11) is 0. The molecule has 1 aliphatic rings. The van der Waals surface area contributed by atoms with Crippen molar-refractivity contribution >= 4 is 16.9 Å². The van der Waals surface area contributed by atoms with Gasteiger partial charge in [-0.2, -0.15) is 0 Å². The van der Waals surface area contributed by atoms with Gasteiger partial charge in [0.2, 0.25) is 0 Å². The molecule has 1 fully saturated rings. The van der Waals surface area contributed by atoms with Gasteiger partial charge >= 0.3 is 5.97 Å². The highest BCUT2D eigenvalue weighted by molar-refractivity contribution is 5.77. The largest absolute Gasteiger partial charge is 0.465 e. The highest BCUT2D eigenvalue weighted by atomic mass is 19.1. The number of esters is 1. The first-order valence-electron chi connectivity index (χ1n) is 12.4. The molecule has 3 rings (SSSR count). The number of ether oxygens (including phenoxy) is 1. The second-order valence-electron chi connectivity index (χ2n) is 9.44. The van der Waals surface area contributed by atoms with Crippen molar-refractivity contribution in [2.45, 2.75) is 63.3 Å². The Morgan fingerprint density at radius 1 is 1.20 bits per heavy atom. The van der Waals surface area contributed by atoms with Gasteiger partial charge in [0.1, 0.15) is 23.6 Å². The Hall–Kier alpha value is -2.26. The number of carbonyl (C=O) groups excluding carboxylic acids is 1. The lowest BCUT2D eigenvalue weighted by molar-refractivity contribution is -0.145. The zero-order valence-electron chi connectivity index (χ0n) is 20.0. The van der Waals surface area contributed by atoms with Crippen LogP contribution in [0, 0.1) is 17.8 Å². The molecule has 1 aromatic carbocycles. The number of fused-ring (bicyclic) bond motifs is 1. The molecule has 0 radical (unpaired) electrons. The summed E-state index contributed by atoms with van der Waals surface area (Å²) in [6.07, 6.45) is 4.11. The maximum atomic E-state index is 14.6. The van der Waals surface area contributed by atoms with E-state index in [1.54, 1.807) is 0 Å². The molecule has 0 saturated heterocycles. The number of aliphatic hydroxyl groups excluding tert-OH is 4. The first-order chi connectivity index (χ1) is 16.9. The summed E-state index contributed by atoms with van der Waals surface area (Å²) in [6.45, 7) is -0.476. The van der Waals surface area contributed by atoms with Crippen molar-refractivity contribution in [3.8, 4) is 0 Å². The number of rotatable bonds is 14. The Balaban J connectivity index is 1.41. The number of allylic oxidation sites excluding steroid dienone is 2. The maximum absolute atomic E-state index is 14.6. The molecule has 7 nitrogen and oxygen atoms in total. The normalized spacial score (nSPS) is 23.5. The summed E-state index contributed by atoms with van der Waals surface area (Å²) in [5.74, 6) is -0.917. The van der Waals surface area contributed by atoms with Gasteiger partial charge < -0.3 is 29.6 Å². The first-order valence-corrected chi connectivity index (χ1v) is 12.4. The summed E-state index contributed by atoms with van der Waals surface area (Å²) < 4.78 is 25.4. The summed E-state index contributed by atoms with van der Waals surface area (Å²) >= 11 is 0. The van der Waals surface area contributed by atoms with Crippen molar-refractivity contribution in [3.05, 3.63) is 48.2 Å². The van der Waals surface area contributed by atoms with Crippen molar-refractivity contribution < 1.29 is 38.8 Å². The van der Waals surface area contributed by atoms with Crippen molar-refractivity contribution in [2.24, 2.45) is 17.8 Å². The fraction of sp³-hybridized carbons (Fsp3) is 0.593. The third-order valence-electron chi connectivity index (χ3n) is 6.84. The number of furan rings is 1. The highest BCUT2D eigenvalue weighted by Gasteiger charge is 2.42. The van der Waals surface area contributed by atoms with Gasteiger partial charge in [0, 0.05) is 24.1 Å². The summed E-state index contributed by atoms with van der Waals surface area (Å²) in [6, 6.07) is 9.33. The molecular weight excluding hydrogens is 455 g/mol. The molecule has 35 heavy (non-hydrogen) atoms. The van der Waals surface area contributed by atoms with Gasteiger partial charge in [0.05, 0.1) is 25.9 Å². The number of alkyl halides is 1. The molecule has 0 spiro atoms. The van der Waals surface area contributed by atoms with Crippen LogP contribution in [0.25, 0.3) is 11.0 Å². The van der Waals surface area contributed by atoms with E-state index in [4.69, 9.17) is 19.4 Å². The van der Waals surface area contributed by atoms with Crippen LogP contribution in [-0.2, 0) is 9.53 Å². The lowest BCUT2D eigenvalue weighted by Crippen LogP contribution is -2.21. The molecule has 5 atom stereocenters. The lowest BCUT2D eigenvalue weighted by atomic mass is 9.86. The highest BCUT2D eigenvalue weighted by Crippen LogP contribution is 2.41. The number of aliphatic hydroxyl groups is 4. The van der Waals surface area contributed by atoms with Crippen molar-refractivity contribution in [1.29, 1.82) is 0 Å². The topological polar surface area (TPSA) is 120 Å². The monoisotopic (exact) mass is 492 g/mol. The summed E-state index contributed by atoms with van der Waals surface area (Å²) in [4.78, 5) is 11.7. The summed E-state index contributed by atoms with van der Waals surface area (Å²) in [5, 5.41) is 39.8. The number of halogens is 1. The molecule has 194 valence electrons. The van der Waals surface area contributed by atoms with E-state index in [2.05, 4.69) is 0 Å². The molecule has 1 aromatic heterocycles. The number of carbonyl (C=O) groups is 1. The average Bonchev–Trinajstić information content (AvgIpc) is 3.40. The molecule has 2 aromatic rings. The second-order valence-corrected chi connectivity index (χ2v) is 9.44. The number of benzene rings is 1. The van der Waals surface area contributed by atoms with Crippen LogP contribution in [0.4, 0.5) is 4.39 Å². The number of para-hydroxylation sites is 1. The Morgan fingerprint density at radius 3 is 2.71 bits per heavy atom. The third kappa shape index (κ3) is 7.87. The van der Waals surface area contributed by atoms with E-state index >= 15 is 0 Å². The van der Waals surface area contributed by atoms with Gasteiger partial charge in [-0.1, -0.05) is 30.4 Å². The minimum atomic E-state index is -1.11. The van der Waals surface area contributed by atoms with Crippen LogP contribution in [-0.4, -0.2) is 58.5 Å². The fourth-order valence-corrected chi connectivity index (χ4v) is 4.70. The Morgan fingerprint density at radius 2 is 1.97 bits per heavy atom. The molecule has 1 saturated carbocycles. The van der Waals surface area contributed by atoms with Crippen LogP contribution in [0.3, 0.4) is 0 Å².